The Labute approximate surface area is 159 Å². The van der Waals surface area contributed by atoms with Crippen molar-refractivity contribution in [3.63, 3.8) is 0 Å². The molecule has 7 nitrogen and oxygen atoms in total. The number of benzene rings is 2. The lowest BCUT2D eigenvalue weighted by Gasteiger charge is -2.08. The Morgan fingerprint density at radius 1 is 1.07 bits per heavy atom. The lowest BCUT2D eigenvalue weighted by Crippen LogP contribution is -2.18. The zero-order valence-corrected chi connectivity index (χ0v) is 15.2. The molecule has 8 heteroatoms. The zero-order valence-electron chi connectivity index (χ0n) is 15.2. The number of rotatable bonds is 4. The fourth-order valence-electron chi connectivity index (χ4n) is 2.86. The van der Waals surface area contributed by atoms with Crippen LogP contribution in [0.4, 0.5) is 10.1 Å². The third kappa shape index (κ3) is 3.16. The van der Waals surface area contributed by atoms with Gasteiger partial charge in [0.05, 0.1) is 19.0 Å². The van der Waals surface area contributed by atoms with Crippen molar-refractivity contribution < 1.29 is 13.9 Å². The minimum atomic E-state index is -0.444. The number of aryl methyl sites for hydroxylation is 1. The van der Waals surface area contributed by atoms with Gasteiger partial charge < -0.3 is 10.1 Å². The number of nitrogens with zero attached hydrogens (tertiary/aromatic N) is 4. The van der Waals surface area contributed by atoms with Crippen molar-refractivity contribution in [2.75, 3.05) is 12.4 Å². The summed E-state index contributed by atoms with van der Waals surface area (Å²) >= 11 is 0. The summed E-state index contributed by atoms with van der Waals surface area (Å²) in [5, 5.41) is 15.3. The van der Waals surface area contributed by atoms with Gasteiger partial charge in [0.25, 0.3) is 5.91 Å². The van der Waals surface area contributed by atoms with Gasteiger partial charge in [-0.25, -0.2) is 8.91 Å². The van der Waals surface area contributed by atoms with E-state index in [0.29, 0.717) is 17.0 Å². The van der Waals surface area contributed by atoms with E-state index in [1.54, 1.807) is 24.7 Å². The molecule has 0 spiro atoms. The highest BCUT2D eigenvalue weighted by Gasteiger charge is 2.18. The van der Waals surface area contributed by atoms with Crippen molar-refractivity contribution in [2.45, 2.75) is 6.92 Å². The molecule has 0 unspecified atom stereocenters. The first-order valence-corrected chi connectivity index (χ1v) is 8.49. The number of hydrogen-bond acceptors (Lipinski definition) is 5. The summed E-state index contributed by atoms with van der Waals surface area (Å²) in [5.74, 6) is -0.0692. The number of nitrogens with one attached hydrogen (secondary N) is 1. The predicted molar refractivity (Wildman–Crippen MR) is 102 cm³/mol. The van der Waals surface area contributed by atoms with Gasteiger partial charge in [-0.05, 0) is 48.9 Å². The average molecular weight is 377 g/mol. The third-order valence-electron chi connectivity index (χ3n) is 4.37. The largest absolute Gasteiger partial charge is 0.497 e. The Morgan fingerprint density at radius 2 is 1.79 bits per heavy atom. The predicted octanol–water partition coefficient (Wildman–Crippen LogP) is 3.50. The molecule has 2 aromatic heterocycles. The van der Waals surface area contributed by atoms with E-state index in [1.807, 2.05) is 24.3 Å². The maximum Gasteiger partial charge on any atom is 0.278 e. The van der Waals surface area contributed by atoms with Crippen LogP contribution in [0.15, 0.2) is 54.7 Å². The molecule has 2 heterocycles. The molecule has 4 aromatic rings. The summed E-state index contributed by atoms with van der Waals surface area (Å²) in [5.41, 5.74) is 3.40. The minimum absolute atomic E-state index is 0.140. The van der Waals surface area contributed by atoms with Crippen LogP contribution in [-0.2, 0) is 0 Å². The molecule has 4 rings (SSSR count). The molecule has 0 aliphatic carbocycles. The number of aromatic nitrogens is 4. The number of methoxy groups -OCH3 is 1. The van der Waals surface area contributed by atoms with Crippen LogP contribution >= 0.6 is 0 Å². The molecule has 0 radical (unpaired) electrons. The molecular formula is C20H16FN5O2. The number of amides is 1. The monoisotopic (exact) mass is 377 g/mol. The number of fused-ring (bicyclic) bond motifs is 1. The van der Waals surface area contributed by atoms with Gasteiger partial charge in [0.2, 0.25) is 0 Å². The molecule has 0 saturated carbocycles. The van der Waals surface area contributed by atoms with Crippen LogP contribution in [0, 0.1) is 12.7 Å². The number of halogens is 1. The van der Waals surface area contributed by atoms with Crippen molar-refractivity contribution in [1.82, 2.24) is 19.8 Å². The van der Waals surface area contributed by atoms with Crippen molar-refractivity contribution in [3.8, 4) is 16.9 Å². The minimum Gasteiger partial charge on any atom is -0.497 e. The van der Waals surface area contributed by atoms with E-state index in [-0.39, 0.29) is 11.5 Å². The fourth-order valence-corrected chi connectivity index (χ4v) is 2.86. The smallest absolute Gasteiger partial charge is 0.278 e. The van der Waals surface area contributed by atoms with Gasteiger partial charge in [-0.3, -0.25) is 4.79 Å². The third-order valence-corrected chi connectivity index (χ3v) is 4.37. The molecule has 140 valence electrons. The molecular weight excluding hydrogens is 361 g/mol. The molecule has 0 aliphatic rings. The summed E-state index contributed by atoms with van der Waals surface area (Å²) in [6, 6.07) is 13.0. The molecule has 1 amide bonds. The Hall–Kier alpha value is -3.81. The van der Waals surface area contributed by atoms with Crippen LogP contribution in [0.3, 0.4) is 0 Å². The van der Waals surface area contributed by atoms with Crippen molar-refractivity contribution >= 4 is 17.2 Å². The first-order valence-electron chi connectivity index (χ1n) is 8.49. The standard InChI is InChI=1S/C20H16FN5O2/c1-12-18(20(27)23-15-7-5-14(21)6-8-15)24-25-19-17(11-22-26(12)19)13-3-9-16(28-2)10-4-13/h3-11H,1-2H3,(H,23,27). The van der Waals surface area contributed by atoms with Crippen LogP contribution in [0.25, 0.3) is 16.8 Å². The lowest BCUT2D eigenvalue weighted by molar-refractivity contribution is 0.102. The zero-order chi connectivity index (χ0) is 19.7. The first-order chi connectivity index (χ1) is 13.6. The van der Waals surface area contributed by atoms with Crippen LogP contribution in [-0.4, -0.2) is 32.8 Å². The molecule has 0 aliphatic heterocycles. The van der Waals surface area contributed by atoms with E-state index in [1.165, 1.54) is 24.3 Å². The van der Waals surface area contributed by atoms with Gasteiger partial charge in [-0.2, -0.15) is 5.10 Å². The van der Waals surface area contributed by atoms with Gasteiger partial charge in [0.15, 0.2) is 11.3 Å². The number of ether oxygens (including phenoxy) is 1. The quantitative estimate of drug-likeness (QED) is 0.589. The fraction of sp³-hybridized carbons (Fsp3) is 0.100. The van der Waals surface area contributed by atoms with Gasteiger partial charge >= 0.3 is 0 Å². The Kier molecular flexibility index (Phi) is 4.44. The number of hydrogen-bond donors (Lipinski definition) is 1. The maximum absolute atomic E-state index is 13.0. The average Bonchev–Trinajstić information content (AvgIpc) is 3.15. The summed E-state index contributed by atoms with van der Waals surface area (Å²) in [7, 11) is 1.61. The van der Waals surface area contributed by atoms with E-state index in [2.05, 4.69) is 20.6 Å². The Balaban J connectivity index is 1.67. The highest BCUT2D eigenvalue weighted by molar-refractivity contribution is 6.03. The number of carbonyl (C=O) groups is 1. The number of anilines is 1. The highest BCUT2D eigenvalue weighted by Crippen LogP contribution is 2.26. The first kappa shape index (κ1) is 17.6. The van der Waals surface area contributed by atoms with E-state index < -0.39 is 5.91 Å². The van der Waals surface area contributed by atoms with Gasteiger partial charge in [-0.15, -0.1) is 10.2 Å². The van der Waals surface area contributed by atoms with Crippen LogP contribution in [0.5, 0.6) is 5.75 Å². The SMILES string of the molecule is COc1ccc(-c2cnn3c(C)c(C(=O)Nc4ccc(F)cc4)nnc23)cc1. The molecule has 0 bridgehead atoms. The maximum atomic E-state index is 13.0. The van der Waals surface area contributed by atoms with E-state index in [0.717, 1.165) is 16.9 Å². The van der Waals surface area contributed by atoms with E-state index >= 15 is 0 Å². The van der Waals surface area contributed by atoms with Gasteiger partial charge in [-0.1, -0.05) is 12.1 Å². The van der Waals surface area contributed by atoms with Crippen molar-refractivity contribution in [2.24, 2.45) is 0 Å². The Bertz CT molecular complexity index is 1150. The van der Waals surface area contributed by atoms with Crippen LogP contribution < -0.4 is 10.1 Å². The highest BCUT2D eigenvalue weighted by atomic mass is 19.1. The molecule has 0 atom stereocenters. The van der Waals surface area contributed by atoms with Crippen LogP contribution in [0.2, 0.25) is 0 Å². The normalized spacial score (nSPS) is 10.8. The van der Waals surface area contributed by atoms with Gasteiger partial charge in [0, 0.05) is 11.3 Å². The molecule has 1 N–H and O–H groups in total. The summed E-state index contributed by atoms with van der Waals surface area (Å²) < 4.78 is 19.8. The topological polar surface area (TPSA) is 81.4 Å². The summed E-state index contributed by atoms with van der Waals surface area (Å²) in [6.07, 6.45) is 1.68. The second kappa shape index (κ2) is 7.07. The second-order valence-electron chi connectivity index (χ2n) is 6.12. The Morgan fingerprint density at radius 3 is 2.46 bits per heavy atom. The lowest BCUT2D eigenvalue weighted by atomic mass is 10.1. The summed E-state index contributed by atoms with van der Waals surface area (Å²) in [4.78, 5) is 12.5. The van der Waals surface area contributed by atoms with Crippen molar-refractivity contribution in [1.29, 1.82) is 0 Å². The molecule has 28 heavy (non-hydrogen) atoms. The van der Waals surface area contributed by atoms with E-state index in [9.17, 15) is 9.18 Å². The summed E-state index contributed by atoms with van der Waals surface area (Å²) in [6.45, 7) is 1.74. The van der Waals surface area contributed by atoms with Crippen LogP contribution in [0.1, 0.15) is 16.2 Å². The van der Waals surface area contributed by atoms with Crippen molar-refractivity contribution in [3.05, 3.63) is 71.9 Å². The second-order valence-corrected chi connectivity index (χ2v) is 6.12. The molecule has 2 aromatic carbocycles. The molecule has 0 fully saturated rings. The molecule has 0 saturated heterocycles. The van der Waals surface area contributed by atoms with Gasteiger partial charge in [0.1, 0.15) is 11.6 Å². The van der Waals surface area contributed by atoms with E-state index in [4.69, 9.17) is 4.74 Å². The number of carbonyl (C=O) groups excluding carboxylic acids is 1.